The molecule has 246 valence electrons. The van der Waals surface area contributed by atoms with Crippen LogP contribution in [0.1, 0.15) is 68.2 Å². The van der Waals surface area contributed by atoms with E-state index < -0.39 is 46.9 Å². The van der Waals surface area contributed by atoms with Crippen molar-refractivity contribution in [3.63, 3.8) is 0 Å². The van der Waals surface area contributed by atoms with E-state index in [1.807, 2.05) is 0 Å². The Bertz CT molecular complexity index is 1540. The van der Waals surface area contributed by atoms with Crippen molar-refractivity contribution >= 4 is 35.2 Å². The normalized spacial score (nSPS) is 14.4. The molecule has 2 heterocycles. The molecule has 1 aromatic carbocycles. The average Bonchev–Trinajstić information content (AvgIpc) is 3.49. The molecule has 1 aliphatic carbocycles. The Morgan fingerprint density at radius 1 is 1.11 bits per heavy atom. The molecule has 2 amide bonds. The zero-order valence-electron chi connectivity index (χ0n) is 24.8. The van der Waals surface area contributed by atoms with Crippen molar-refractivity contribution < 1.29 is 50.9 Å². The molecular weight excluding hydrogens is 631 g/mol. The quantitative estimate of drug-likeness (QED) is 0.251. The first kappa shape index (κ1) is 35.3. The first-order chi connectivity index (χ1) is 20.8. The van der Waals surface area contributed by atoms with E-state index in [0.717, 1.165) is 25.0 Å². The Morgan fingerprint density at radius 3 is 2.22 bits per heavy atom. The maximum atomic E-state index is 14.1. The molecule has 1 aliphatic rings. The predicted molar refractivity (Wildman–Crippen MR) is 152 cm³/mol. The lowest BCUT2D eigenvalue weighted by atomic mass is 9.97. The number of aromatic nitrogens is 2. The van der Waals surface area contributed by atoms with E-state index in [1.165, 1.54) is 22.7 Å². The number of pyridine rings is 1. The number of nitrogens with zero attached hydrogens (tertiary/aromatic N) is 2. The van der Waals surface area contributed by atoms with Crippen molar-refractivity contribution in [3.05, 3.63) is 64.1 Å². The van der Waals surface area contributed by atoms with Gasteiger partial charge >= 0.3 is 18.2 Å². The van der Waals surface area contributed by atoms with Crippen LogP contribution in [0, 0.1) is 18.6 Å². The van der Waals surface area contributed by atoms with Gasteiger partial charge in [-0.3, -0.25) is 9.20 Å². The molecule has 2 aromatic heterocycles. The lowest BCUT2D eigenvalue weighted by molar-refractivity contribution is -0.192. The number of amides is 2. The lowest BCUT2D eigenvalue weighted by Crippen LogP contribution is -2.55. The average molecular weight is 663 g/mol. The summed E-state index contributed by atoms with van der Waals surface area (Å²) in [5.74, 6) is -4.47. The molecule has 3 N–H and O–H groups in total. The van der Waals surface area contributed by atoms with E-state index in [1.54, 1.807) is 27.7 Å². The van der Waals surface area contributed by atoms with Gasteiger partial charge < -0.3 is 25.2 Å². The summed E-state index contributed by atoms with van der Waals surface area (Å²) in [4.78, 5) is 39.2. The number of carbonyl (C=O) groups excluding carboxylic acids is 2. The monoisotopic (exact) mass is 662 g/mol. The van der Waals surface area contributed by atoms with Crippen LogP contribution in [0.4, 0.5) is 26.7 Å². The highest BCUT2D eigenvalue weighted by Crippen LogP contribution is 2.31. The molecule has 0 spiro atoms. The van der Waals surface area contributed by atoms with Crippen LogP contribution >= 0.6 is 11.6 Å². The molecule has 0 bridgehead atoms. The third-order valence-corrected chi connectivity index (χ3v) is 6.84. The first-order valence-corrected chi connectivity index (χ1v) is 14.0. The fraction of sp³-hybridized carbons (Fsp3) is 0.448. The van der Waals surface area contributed by atoms with Gasteiger partial charge in [-0.25, -0.2) is 23.4 Å². The Labute approximate surface area is 259 Å². The number of alkyl carbamates (subject to hydrolysis) is 1. The number of carboxylic acid groups (broad SMARTS) is 1. The second-order valence-corrected chi connectivity index (χ2v) is 11.8. The molecule has 0 saturated heterocycles. The fourth-order valence-corrected chi connectivity index (χ4v) is 4.84. The van der Waals surface area contributed by atoms with Gasteiger partial charge in [-0.05, 0) is 52.7 Å². The van der Waals surface area contributed by atoms with E-state index in [0.29, 0.717) is 18.5 Å². The molecular formula is C29H32ClF5N4O6. The Kier molecular flexibility index (Phi) is 10.9. The standard InChI is InChI=1S/C27H31ClF2N4O4.C2HF3O2/c1-16-22(24(35)31-15-27(10-5-6-11-27)33-25(36)38-26(2,3)4)34-13-17(28)12-21(23(34)32-16)37-14-18-19(29)8-7-9-20(18)30;3-2(4,5)1(6)7/h7-9,12-13H,5-6,10-11,14-15H2,1-4H3,(H,31,35)(H,33,36);(H,6,7). The van der Waals surface area contributed by atoms with Crippen LogP contribution in [-0.4, -0.2) is 56.3 Å². The number of hydrogen-bond donors (Lipinski definition) is 3. The number of halogens is 6. The number of aliphatic carboxylic acids is 1. The van der Waals surface area contributed by atoms with Crippen LogP contribution in [0.15, 0.2) is 30.5 Å². The molecule has 1 saturated carbocycles. The lowest BCUT2D eigenvalue weighted by Gasteiger charge is -2.32. The second kappa shape index (κ2) is 13.9. The topological polar surface area (TPSA) is 131 Å². The predicted octanol–water partition coefficient (Wildman–Crippen LogP) is 6.35. The summed E-state index contributed by atoms with van der Waals surface area (Å²) < 4.78 is 72.5. The number of carboxylic acids is 1. The van der Waals surface area contributed by atoms with Gasteiger partial charge in [-0.1, -0.05) is 30.5 Å². The maximum absolute atomic E-state index is 14.1. The van der Waals surface area contributed by atoms with E-state index in [-0.39, 0.29) is 40.8 Å². The SMILES string of the molecule is Cc1nc2c(OCc3c(F)cccc3F)cc(Cl)cn2c1C(=O)NCC1(NC(=O)OC(C)(C)C)CCCC1.O=C(O)C(F)(F)F. The summed E-state index contributed by atoms with van der Waals surface area (Å²) in [7, 11) is 0. The number of imidazole rings is 1. The summed E-state index contributed by atoms with van der Waals surface area (Å²) >= 11 is 6.30. The molecule has 0 atom stereocenters. The Morgan fingerprint density at radius 2 is 1.69 bits per heavy atom. The highest BCUT2D eigenvalue weighted by atomic mass is 35.5. The number of nitrogens with one attached hydrogen (secondary N) is 2. The first-order valence-electron chi connectivity index (χ1n) is 13.7. The number of fused-ring (bicyclic) bond motifs is 1. The van der Waals surface area contributed by atoms with Crippen LogP contribution in [0.25, 0.3) is 5.65 Å². The maximum Gasteiger partial charge on any atom is 0.490 e. The molecule has 3 aromatic rings. The van der Waals surface area contributed by atoms with Crippen molar-refractivity contribution in [1.82, 2.24) is 20.0 Å². The van der Waals surface area contributed by atoms with Gasteiger partial charge in [-0.15, -0.1) is 0 Å². The largest absolute Gasteiger partial charge is 0.490 e. The van der Waals surface area contributed by atoms with Crippen LogP contribution in [-0.2, 0) is 16.1 Å². The van der Waals surface area contributed by atoms with Gasteiger partial charge in [-0.2, -0.15) is 13.2 Å². The van der Waals surface area contributed by atoms with Gasteiger partial charge in [0.2, 0.25) is 0 Å². The molecule has 16 heteroatoms. The van der Waals surface area contributed by atoms with Gasteiger partial charge in [0.15, 0.2) is 11.4 Å². The fourth-order valence-electron chi connectivity index (χ4n) is 4.65. The van der Waals surface area contributed by atoms with Gasteiger partial charge in [0.05, 0.1) is 21.8 Å². The third-order valence-electron chi connectivity index (χ3n) is 6.63. The summed E-state index contributed by atoms with van der Waals surface area (Å²) in [6.07, 6.45) is -0.852. The molecule has 1 fully saturated rings. The van der Waals surface area contributed by atoms with Crippen molar-refractivity contribution in [1.29, 1.82) is 0 Å². The minimum atomic E-state index is -5.08. The zero-order chi connectivity index (χ0) is 33.7. The molecule has 45 heavy (non-hydrogen) atoms. The van der Waals surface area contributed by atoms with Crippen molar-refractivity contribution in [2.45, 2.75) is 77.3 Å². The van der Waals surface area contributed by atoms with Crippen molar-refractivity contribution in [2.75, 3.05) is 6.54 Å². The van der Waals surface area contributed by atoms with Crippen LogP contribution in [0.5, 0.6) is 5.75 Å². The molecule has 0 aliphatic heterocycles. The Balaban J connectivity index is 0.000000707. The molecule has 10 nitrogen and oxygen atoms in total. The number of ether oxygens (including phenoxy) is 2. The summed E-state index contributed by atoms with van der Waals surface area (Å²) in [6.45, 7) is 6.85. The highest BCUT2D eigenvalue weighted by Gasteiger charge is 2.39. The number of hydrogen-bond acceptors (Lipinski definition) is 6. The number of rotatable bonds is 7. The number of aryl methyl sites for hydroxylation is 1. The van der Waals surface area contributed by atoms with E-state index in [9.17, 15) is 31.5 Å². The number of benzene rings is 1. The number of carbonyl (C=O) groups is 3. The third kappa shape index (κ3) is 9.42. The van der Waals surface area contributed by atoms with Crippen LogP contribution < -0.4 is 15.4 Å². The summed E-state index contributed by atoms with van der Waals surface area (Å²) in [6, 6.07) is 5.04. The van der Waals surface area contributed by atoms with E-state index in [4.69, 9.17) is 31.0 Å². The summed E-state index contributed by atoms with van der Waals surface area (Å²) in [5.41, 5.74) is -0.579. The zero-order valence-corrected chi connectivity index (χ0v) is 25.5. The molecule has 0 unspecified atom stereocenters. The van der Waals surface area contributed by atoms with Crippen LogP contribution in [0.3, 0.4) is 0 Å². The molecule has 4 rings (SSSR count). The molecule has 0 radical (unpaired) electrons. The minimum absolute atomic E-state index is 0.168. The highest BCUT2D eigenvalue weighted by molar-refractivity contribution is 6.30. The Hall–Kier alpha value is -4.14. The smallest absolute Gasteiger partial charge is 0.485 e. The van der Waals surface area contributed by atoms with Crippen molar-refractivity contribution in [2.24, 2.45) is 0 Å². The minimum Gasteiger partial charge on any atom is -0.485 e. The van der Waals surface area contributed by atoms with E-state index in [2.05, 4.69) is 15.6 Å². The second-order valence-electron chi connectivity index (χ2n) is 11.4. The van der Waals surface area contributed by atoms with Crippen molar-refractivity contribution in [3.8, 4) is 5.75 Å². The summed E-state index contributed by atoms with van der Waals surface area (Å²) in [5, 5.41) is 13.3. The van der Waals surface area contributed by atoms with Gasteiger partial charge in [0.1, 0.15) is 29.5 Å². The number of alkyl halides is 3. The van der Waals surface area contributed by atoms with Gasteiger partial charge in [0.25, 0.3) is 5.91 Å². The van der Waals surface area contributed by atoms with E-state index >= 15 is 0 Å². The van der Waals surface area contributed by atoms with Crippen LogP contribution in [0.2, 0.25) is 5.02 Å². The van der Waals surface area contributed by atoms with Gasteiger partial charge in [0, 0.05) is 18.8 Å².